The SMILES string of the molecule is CNC.Cc1c(OCC2CC2)ccc2c(CCC3CCN(Cc4cccc(C#N)c4)CC3)noc12.Cl.Cl. The predicted octanol–water partition coefficient (Wildman–Crippen LogP) is 6.32. The van der Waals surface area contributed by atoms with Crippen molar-refractivity contribution in [1.29, 1.82) is 5.26 Å². The van der Waals surface area contributed by atoms with E-state index in [1.807, 2.05) is 32.3 Å². The number of halogens is 2. The summed E-state index contributed by atoms with van der Waals surface area (Å²) in [6, 6.07) is 14.4. The molecule has 37 heavy (non-hydrogen) atoms. The van der Waals surface area contributed by atoms with Crippen LogP contribution in [0.3, 0.4) is 0 Å². The van der Waals surface area contributed by atoms with Gasteiger partial charge in [0.2, 0.25) is 0 Å². The lowest BCUT2D eigenvalue weighted by molar-refractivity contribution is 0.172. The van der Waals surface area contributed by atoms with E-state index in [-0.39, 0.29) is 24.8 Å². The first-order chi connectivity index (χ1) is 17.1. The van der Waals surface area contributed by atoms with Crippen LogP contribution in [0.15, 0.2) is 40.9 Å². The number of hydrogen-bond donors (Lipinski definition) is 1. The molecule has 1 N–H and O–H groups in total. The number of nitrogens with one attached hydrogen (secondary N) is 1. The molecule has 0 unspecified atom stereocenters. The molecule has 2 aliphatic rings. The summed E-state index contributed by atoms with van der Waals surface area (Å²) in [7, 11) is 3.75. The average Bonchev–Trinajstić information content (AvgIpc) is 3.61. The van der Waals surface area contributed by atoms with Gasteiger partial charge >= 0.3 is 0 Å². The molecule has 6 nitrogen and oxygen atoms in total. The third kappa shape index (κ3) is 8.61. The van der Waals surface area contributed by atoms with Gasteiger partial charge in [0.15, 0.2) is 5.58 Å². The van der Waals surface area contributed by atoms with Crippen molar-refractivity contribution in [2.24, 2.45) is 11.8 Å². The minimum absolute atomic E-state index is 0. The monoisotopic (exact) mass is 546 g/mol. The van der Waals surface area contributed by atoms with Crippen LogP contribution < -0.4 is 10.1 Å². The molecule has 0 radical (unpaired) electrons. The van der Waals surface area contributed by atoms with Crippen LogP contribution in [-0.4, -0.2) is 43.8 Å². The van der Waals surface area contributed by atoms with Gasteiger partial charge in [-0.15, -0.1) is 24.8 Å². The van der Waals surface area contributed by atoms with Gasteiger partial charge in [-0.2, -0.15) is 5.26 Å². The van der Waals surface area contributed by atoms with E-state index in [4.69, 9.17) is 14.5 Å². The highest BCUT2D eigenvalue weighted by molar-refractivity contribution is 5.86. The summed E-state index contributed by atoms with van der Waals surface area (Å²) in [5, 5.41) is 17.4. The molecule has 202 valence electrons. The summed E-state index contributed by atoms with van der Waals surface area (Å²) in [6.07, 6.45) is 7.13. The number of likely N-dealkylation sites (tertiary alicyclic amines) is 1. The number of fused-ring (bicyclic) bond motifs is 1. The third-order valence-electron chi connectivity index (χ3n) is 7.04. The lowest BCUT2D eigenvalue weighted by atomic mass is 9.91. The summed E-state index contributed by atoms with van der Waals surface area (Å²) >= 11 is 0. The van der Waals surface area contributed by atoms with Crippen LogP contribution in [0.5, 0.6) is 5.75 Å². The van der Waals surface area contributed by atoms with Crippen LogP contribution >= 0.6 is 24.8 Å². The van der Waals surface area contributed by atoms with E-state index in [0.717, 1.165) is 84.5 Å². The van der Waals surface area contributed by atoms with E-state index in [2.05, 4.69) is 46.6 Å². The number of rotatable bonds is 8. The zero-order valence-electron chi connectivity index (χ0n) is 22.2. The van der Waals surface area contributed by atoms with Crippen LogP contribution in [-0.2, 0) is 13.0 Å². The quantitative estimate of drug-likeness (QED) is 0.356. The number of hydrogen-bond acceptors (Lipinski definition) is 6. The van der Waals surface area contributed by atoms with Crippen molar-refractivity contribution in [3.05, 3.63) is 58.8 Å². The second kappa shape index (κ2) is 15.2. The van der Waals surface area contributed by atoms with Crippen molar-refractivity contribution in [3.63, 3.8) is 0 Å². The zero-order valence-corrected chi connectivity index (χ0v) is 23.8. The van der Waals surface area contributed by atoms with Crippen molar-refractivity contribution in [2.75, 3.05) is 33.8 Å². The Balaban J connectivity index is 0.000000919. The Kier molecular flexibility index (Phi) is 12.7. The molecule has 0 amide bonds. The van der Waals surface area contributed by atoms with Crippen molar-refractivity contribution in [2.45, 2.75) is 52.0 Å². The number of nitrogens with zero attached hydrogens (tertiary/aromatic N) is 3. The smallest absolute Gasteiger partial charge is 0.173 e. The summed E-state index contributed by atoms with van der Waals surface area (Å²) in [5.74, 6) is 2.40. The zero-order chi connectivity index (χ0) is 24.6. The average molecular weight is 548 g/mol. The maximum atomic E-state index is 9.10. The third-order valence-corrected chi connectivity index (χ3v) is 7.04. The molecule has 0 spiro atoms. The van der Waals surface area contributed by atoms with E-state index in [1.54, 1.807) is 0 Å². The van der Waals surface area contributed by atoms with Gasteiger partial charge in [0.25, 0.3) is 0 Å². The van der Waals surface area contributed by atoms with Gasteiger partial charge < -0.3 is 14.6 Å². The summed E-state index contributed by atoms with van der Waals surface area (Å²) in [5.41, 5.74) is 4.99. The molecule has 5 rings (SSSR count). The lowest BCUT2D eigenvalue weighted by Crippen LogP contribution is -2.33. The first-order valence-corrected chi connectivity index (χ1v) is 12.9. The Hall–Kier alpha value is -2.30. The summed E-state index contributed by atoms with van der Waals surface area (Å²) in [4.78, 5) is 2.50. The number of nitriles is 1. The standard InChI is InChI=1S/C27H31N3O2.C2H7N.2ClH/c1-19-26(31-18-21-5-6-21)10-8-24-25(29-32-27(19)24)9-7-20-11-13-30(14-12-20)17-23-4-2-3-22(15-23)16-28;1-3-2;;/h2-4,8,10,15,20-21H,5-7,9,11-14,17-18H2,1H3;3H,1-2H3;2*1H. The van der Waals surface area contributed by atoms with E-state index >= 15 is 0 Å². The number of benzene rings is 2. The number of aryl methyl sites for hydroxylation is 2. The van der Waals surface area contributed by atoms with Crippen LogP contribution in [0.2, 0.25) is 0 Å². The Labute approximate surface area is 233 Å². The first kappa shape index (κ1) is 30.9. The highest BCUT2D eigenvalue weighted by atomic mass is 35.5. The lowest BCUT2D eigenvalue weighted by Gasteiger charge is -2.32. The number of aromatic nitrogens is 1. The fraction of sp³-hybridized carbons (Fsp3) is 0.517. The second-order valence-electron chi connectivity index (χ2n) is 10.0. The number of piperidine rings is 1. The predicted molar refractivity (Wildman–Crippen MR) is 154 cm³/mol. The van der Waals surface area contributed by atoms with Crippen LogP contribution in [0, 0.1) is 30.1 Å². The van der Waals surface area contributed by atoms with Crippen molar-refractivity contribution >= 4 is 35.8 Å². The molecule has 2 aromatic carbocycles. The van der Waals surface area contributed by atoms with Gasteiger partial charge in [0.05, 0.1) is 23.9 Å². The molecule has 8 heteroatoms. The minimum Gasteiger partial charge on any atom is -0.493 e. The van der Waals surface area contributed by atoms with E-state index in [9.17, 15) is 0 Å². The minimum atomic E-state index is 0. The molecule has 1 aromatic heterocycles. The van der Waals surface area contributed by atoms with Gasteiger partial charge in [-0.1, -0.05) is 17.3 Å². The van der Waals surface area contributed by atoms with E-state index < -0.39 is 0 Å². The molecular formula is C29H40Cl2N4O2. The Morgan fingerprint density at radius 3 is 2.49 bits per heavy atom. The molecule has 0 bridgehead atoms. The van der Waals surface area contributed by atoms with Gasteiger partial charge in [-0.3, -0.25) is 4.90 Å². The summed E-state index contributed by atoms with van der Waals surface area (Å²) in [6.45, 7) is 6.04. The maximum absolute atomic E-state index is 9.10. The molecule has 2 fully saturated rings. The van der Waals surface area contributed by atoms with E-state index in [1.165, 1.54) is 31.2 Å². The Morgan fingerprint density at radius 1 is 1.08 bits per heavy atom. The Morgan fingerprint density at radius 2 is 1.81 bits per heavy atom. The van der Waals surface area contributed by atoms with Crippen LogP contribution in [0.25, 0.3) is 11.0 Å². The van der Waals surface area contributed by atoms with Crippen molar-refractivity contribution in [1.82, 2.24) is 15.4 Å². The number of ether oxygens (including phenoxy) is 1. The Bertz CT molecular complexity index is 1150. The second-order valence-corrected chi connectivity index (χ2v) is 10.0. The van der Waals surface area contributed by atoms with Gasteiger partial charge in [-0.25, -0.2) is 0 Å². The maximum Gasteiger partial charge on any atom is 0.173 e. The highest BCUT2D eigenvalue weighted by Gasteiger charge is 2.23. The summed E-state index contributed by atoms with van der Waals surface area (Å²) < 4.78 is 11.7. The molecular weight excluding hydrogens is 507 g/mol. The van der Waals surface area contributed by atoms with Crippen LogP contribution in [0.1, 0.15) is 54.5 Å². The molecule has 0 atom stereocenters. The highest BCUT2D eigenvalue weighted by Crippen LogP contribution is 2.34. The molecule has 1 saturated heterocycles. The fourth-order valence-electron chi connectivity index (χ4n) is 4.77. The first-order valence-electron chi connectivity index (χ1n) is 12.9. The fourth-order valence-corrected chi connectivity index (χ4v) is 4.77. The molecule has 2 heterocycles. The van der Waals surface area contributed by atoms with Gasteiger partial charge in [0, 0.05) is 17.5 Å². The van der Waals surface area contributed by atoms with E-state index in [0.29, 0.717) is 0 Å². The van der Waals surface area contributed by atoms with Crippen molar-refractivity contribution < 1.29 is 9.26 Å². The molecule has 1 aliphatic carbocycles. The topological polar surface area (TPSA) is 74.3 Å². The van der Waals surface area contributed by atoms with Gasteiger partial charge in [-0.05, 0) is 114 Å². The largest absolute Gasteiger partial charge is 0.493 e. The van der Waals surface area contributed by atoms with Crippen molar-refractivity contribution in [3.8, 4) is 11.8 Å². The molecule has 1 saturated carbocycles. The normalized spacial score (nSPS) is 15.6. The van der Waals surface area contributed by atoms with Gasteiger partial charge in [0.1, 0.15) is 5.75 Å². The van der Waals surface area contributed by atoms with Crippen LogP contribution in [0.4, 0.5) is 0 Å². The molecule has 1 aliphatic heterocycles. The molecule has 3 aromatic rings.